The Labute approximate surface area is 68.5 Å². The number of aliphatic hydroxyl groups excluding tert-OH is 1. The highest BCUT2D eigenvalue weighted by atomic mass is 16.5. The van der Waals surface area contributed by atoms with Crippen molar-refractivity contribution < 1.29 is 9.84 Å². The average Bonchev–Trinajstić information content (AvgIpc) is 2.43. The van der Waals surface area contributed by atoms with Crippen LogP contribution < -0.4 is 5.73 Å². The molecule has 0 aliphatic heterocycles. The Kier molecular flexibility index (Phi) is 7.89. The summed E-state index contributed by atoms with van der Waals surface area (Å²) in [5.41, 5.74) is 5.53. The fourth-order valence-electron chi connectivity index (χ4n) is 1.05. The van der Waals surface area contributed by atoms with E-state index in [0.29, 0.717) is 12.6 Å². The first kappa shape index (κ1) is 10.9. The highest BCUT2D eigenvalue weighted by Gasteiger charge is 2.07. The first-order valence-electron chi connectivity index (χ1n) is 4.16. The number of rotatable bonds is 2. The van der Waals surface area contributed by atoms with Crippen molar-refractivity contribution in [1.82, 2.24) is 0 Å². The lowest BCUT2D eigenvalue weighted by Gasteiger charge is -1.92. The number of hydrogen-bond donors (Lipinski definition) is 2. The fraction of sp³-hybridized carbons (Fsp3) is 1.00. The van der Waals surface area contributed by atoms with Crippen LogP contribution in [0.1, 0.15) is 25.7 Å². The van der Waals surface area contributed by atoms with Crippen molar-refractivity contribution in [2.24, 2.45) is 5.73 Å². The summed E-state index contributed by atoms with van der Waals surface area (Å²) in [6.45, 7) is 0.566. The van der Waals surface area contributed by atoms with Gasteiger partial charge in [-0.3, -0.25) is 0 Å². The molecule has 0 heterocycles. The molecular formula is C8H19NO2. The molecule has 11 heavy (non-hydrogen) atoms. The molecule has 0 atom stereocenters. The molecule has 0 aromatic heterocycles. The molecule has 1 rings (SSSR count). The van der Waals surface area contributed by atoms with Gasteiger partial charge in [0.25, 0.3) is 0 Å². The van der Waals surface area contributed by atoms with Gasteiger partial charge >= 0.3 is 0 Å². The minimum atomic E-state index is 0.122. The predicted molar refractivity (Wildman–Crippen MR) is 45.4 cm³/mol. The molecule has 3 heteroatoms. The van der Waals surface area contributed by atoms with Crippen molar-refractivity contribution in [3.05, 3.63) is 0 Å². The first-order chi connectivity index (χ1) is 5.31. The molecule has 68 valence electrons. The van der Waals surface area contributed by atoms with E-state index in [9.17, 15) is 0 Å². The predicted octanol–water partition coefficient (Wildman–Crippen LogP) is 0.513. The molecule has 0 aromatic rings. The lowest BCUT2D eigenvalue weighted by Crippen LogP contribution is -2.13. The first-order valence-corrected chi connectivity index (χ1v) is 4.16. The smallest absolute Gasteiger partial charge is 0.0693 e. The van der Waals surface area contributed by atoms with Crippen LogP contribution in [-0.2, 0) is 4.74 Å². The van der Waals surface area contributed by atoms with Gasteiger partial charge in [0.15, 0.2) is 0 Å². The summed E-state index contributed by atoms with van der Waals surface area (Å²) in [6.07, 6.45) is 5.25. The summed E-state index contributed by atoms with van der Waals surface area (Å²) in [5, 5.41) is 7.94. The molecule has 0 bridgehead atoms. The lowest BCUT2D eigenvalue weighted by molar-refractivity contribution is 0.135. The summed E-state index contributed by atoms with van der Waals surface area (Å²) in [6, 6.07) is 0.546. The Balaban J connectivity index is 0.000000187. The van der Waals surface area contributed by atoms with E-state index in [4.69, 9.17) is 10.8 Å². The zero-order chi connectivity index (χ0) is 8.53. The fourth-order valence-corrected chi connectivity index (χ4v) is 1.05. The van der Waals surface area contributed by atoms with Gasteiger partial charge in [0, 0.05) is 13.2 Å². The number of nitrogens with two attached hydrogens (primary N) is 1. The number of ether oxygens (including phenoxy) is 1. The maximum absolute atomic E-state index is 7.94. The number of aliphatic hydroxyl groups is 1. The van der Waals surface area contributed by atoms with Gasteiger partial charge in [0.05, 0.1) is 13.2 Å². The van der Waals surface area contributed by atoms with Gasteiger partial charge in [0.1, 0.15) is 0 Å². The molecule has 0 saturated heterocycles. The summed E-state index contributed by atoms with van der Waals surface area (Å²) in [4.78, 5) is 0. The Morgan fingerprint density at radius 2 is 2.00 bits per heavy atom. The van der Waals surface area contributed by atoms with Crippen LogP contribution in [0, 0.1) is 0 Å². The van der Waals surface area contributed by atoms with E-state index in [2.05, 4.69) is 4.74 Å². The SMILES string of the molecule is COCCO.NC1CCCC1. The molecule has 1 fully saturated rings. The van der Waals surface area contributed by atoms with Crippen LogP contribution in [0.2, 0.25) is 0 Å². The number of hydrogen-bond acceptors (Lipinski definition) is 3. The van der Waals surface area contributed by atoms with E-state index >= 15 is 0 Å². The minimum absolute atomic E-state index is 0.122. The largest absolute Gasteiger partial charge is 0.394 e. The van der Waals surface area contributed by atoms with E-state index in [1.165, 1.54) is 25.7 Å². The van der Waals surface area contributed by atoms with Crippen LogP contribution in [0.25, 0.3) is 0 Å². The van der Waals surface area contributed by atoms with Crippen LogP contribution in [0.3, 0.4) is 0 Å². The van der Waals surface area contributed by atoms with Gasteiger partial charge in [0.2, 0.25) is 0 Å². The third kappa shape index (κ3) is 7.78. The molecule has 1 aliphatic carbocycles. The zero-order valence-electron chi connectivity index (χ0n) is 7.25. The van der Waals surface area contributed by atoms with Crippen LogP contribution >= 0.6 is 0 Å². The van der Waals surface area contributed by atoms with E-state index in [1.54, 1.807) is 7.11 Å². The van der Waals surface area contributed by atoms with Gasteiger partial charge in [-0.2, -0.15) is 0 Å². The minimum Gasteiger partial charge on any atom is -0.394 e. The van der Waals surface area contributed by atoms with Gasteiger partial charge in [-0.15, -0.1) is 0 Å². The molecule has 0 amide bonds. The highest BCUT2D eigenvalue weighted by Crippen LogP contribution is 2.14. The normalized spacial score (nSPS) is 17.7. The lowest BCUT2D eigenvalue weighted by atomic mass is 10.3. The topological polar surface area (TPSA) is 55.5 Å². The van der Waals surface area contributed by atoms with Gasteiger partial charge in [-0.25, -0.2) is 0 Å². The molecule has 0 spiro atoms. The van der Waals surface area contributed by atoms with Crippen LogP contribution in [-0.4, -0.2) is 31.5 Å². The molecular weight excluding hydrogens is 142 g/mol. The quantitative estimate of drug-likeness (QED) is 0.620. The molecule has 0 aromatic carbocycles. The van der Waals surface area contributed by atoms with Crippen LogP contribution in [0.15, 0.2) is 0 Å². The van der Waals surface area contributed by atoms with Crippen molar-refractivity contribution in [3.8, 4) is 0 Å². The second-order valence-corrected chi connectivity index (χ2v) is 2.76. The molecule has 3 nitrogen and oxygen atoms in total. The number of methoxy groups -OCH3 is 1. The van der Waals surface area contributed by atoms with Crippen molar-refractivity contribution in [1.29, 1.82) is 0 Å². The van der Waals surface area contributed by atoms with E-state index in [-0.39, 0.29) is 6.61 Å². The zero-order valence-corrected chi connectivity index (χ0v) is 7.25. The molecule has 0 unspecified atom stereocenters. The third-order valence-corrected chi connectivity index (χ3v) is 1.70. The summed E-state index contributed by atoms with van der Waals surface area (Å²) in [5.74, 6) is 0. The Bertz CT molecular complexity index is 70.5. The second-order valence-electron chi connectivity index (χ2n) is 2.76. The maximum Gasteiger partial charge on any atom is 0.0693 e. The van der Waals surface area contributed by atoms with Gasteiger partial charge < -0.3 is 15.6 Å². The average molecular weight is 161 g/mol. The summed E-state index contributed by atoms with van der Waals surface area (Å²) in [7, 11) is 1.55. The summed E-state index contributed by atoms with van der Waals surface area (Å²) >= 11 is 0. The second kappa shape index (κ2) is 7.98. The third-order valence-electron chi connectivity index (χ3n) is 1.70. The Morgan fingerprint density at radius 1 is 1.45 bits per heavy atom. The van der Waals surface area contributed by atoms with Gasteiger partial charge in [-0.1, -0.05) is 12.8 Å². The van der Waals surface area contributed by atoms with E-state index in [0.717, 1.165) is 0 Å². The Hall–Kier alpha value is -0.120. The molecule has 0 radical (unpaired) electrons. The van der Waals surface area contributed by atoms with Crippen molar-refractivity contribution >= 4 is 0 Å². The monoisotopic (exact) mass is 161 g/mol. The molecule has 1 saturated carbocycles. The maximum atomic E-state index is 7.94. The standard InChI is InChI=1S/C5H11N.C3H8O2/c6-5-3-1-2-4-5;1-5-3-2-4/h5H,1-4,6H2;4H,2-3H2,1H3. The van der Waals surface area contributed by atoms with Crippen LogP contribution in [0.4, 0.5) is 0 Å². The van der Waals surface area contributed by atoms with Crippen molar-refractivity contribution in [3.63, 3.8) is 0 Å². The summed E-state index contributed by atoms with van der Waals surface area (Å²) < 4.78 is 4.44. The Morgan fingerprint density at radius 3 is 2.09 bits per heavy atom. The molecule has 1 aliphatic rings. The molecule has 3 N–H and O–H groups in total. The van der Waals surface area contributed by atoms with Crippen molar-refractivity contribution in [2.75, 3.05) is 20.3 Å². The van der Waals surface area contributed by atoms with Crippen molar-refractivity contribution in [2.45, 2.75) is 31.7 Å². The highest BCUT2D eigenvalue weighted by molar-refractivity contribution is 4.67. The van der Waals surface area contributed by atoms with Crippen LogP contribution in [0.5, 0.6) is 0 Å². The van der Waals surface area contributed by atoms with E-state index in [1.807, 2.05) is 0 Å². The van der Waals surface area contributed by atoms with Gasteiger partial charge in [-0.05, 0) is 12.8 Å². The van der Waals surface area contributed by atoms with E-state index < -0.39 is 0 Å².